The predicted molar refractivity (Wildman–Crippen MR) is 149 cm³/mol. The number of hydrogen-bond acceptors (Lipinski definition) is 7. The summed E-state index contributed by atoms with van der Waals surface area (Å²) in [6, 6.07) is 15.7. The van der Waals surface area contributed by atoms with Gasteiger partial charge in [0.15, 0.2) is 5.79 Å². The van der Waals surface area contributed by atoms with Crippen molar-refractivity contribution >= 4 is 50.6 Å². The molecule has 0 aliphatic carbocycles. The van der Waals surface area contributed by atoms with E-state index in [1.807, 2.05) is 36.4 Å². The molecule has 0 unspecified atom stereocenters. The molecule has 5 aromatic rings. The second kappa shape index (κ2) is 10.0. The zero-order valence-electron chi connectivity index (χ0n) is 22.0. The number of furan rings is 1. The van der Waals surface area contributed by atoms with Gasteiger partial charge in [-0.15, -0.1) is 0 Å². The molecule has 2 aliphatic rings. The van der Waals surface area contributed by atoms with Crippen LogP contribution in [-0.4, -0.2) is 70.7 Å². The van der Waals surface area contributed by atoms with E-state index in [1.54, 1.807) is 30.6 Å². The molecule has 1 atom stereocenters. The summed E-state index contributed by atoms with van der Waals surface area (Å²) >= 11 is 0. The van der Waals surface area contributed by atoms with E-state index in [4.69, 9.17) is 13.9 Å². The first-order valence-electron chi connectivity index (χ1n) is 13.4. The van der Waals surface area contributed by atoms with Crippen LogP contribution in [0.1, 0.15) is 22.5 Å². The molecule has 11 heteroatoms. The minimum atomic E-state index is -1.03. The fourth-order valence-electron chi connectivity index (χ4n) is 5.70. The average molecular weight is 554 g/mol. The molecule has 0 radical (unpaired) electrons. The molecular formula is C30H27N5O6. The highest BCUT2D eigenvalue weighted by Gasteiger charge is 2.52. The Morgan fingerprint density at radius 1 is 1.00 bits per heavy atom. The van der Waals surface area contributed by atoms with E-state index >= 15 is 0 Å². The second-order valence-corrected chi connectivity index (χ2v) is 10.3. The number of fused-ring (bicyclic) bond motifs is 4. The van der Waals surface area contributed by atoms with Crippen LogP contribution in [0.25, 0.3) is 32.8 Å². The number of pyridine rings is 1. The molecule has 208 valence electrons. The maximum atomic E-state index is 13.4. The van der Waals surface area contributed by atoms with Crippen molar-refractivity contribution in [3.05, 3.63) is 78.2 Å². The van der Waals surface area contributed by atoms with Gasteiger partial charge >= 0.3 is 0 Å². The summed E-state index contributed by atoms with van der Waals surface area (Å²) in [5.41, 5.74) is 3.55. The summed E-state index contributed by atoms with van der Waals surface area (Å²) in [7, 11) is 0. The van der Waals surface area contributed by atoms with Crippen LogP contribution in [0.4, 0.5) is 0 Å². The van der Waals surface area contributed by atoms with E-state index in [0.717, 1.165) is 33.0 Å². The van der Waals surface area contributed by atoms with Gasteiger partial charge in [0.05, 0.1) is 32.8 Å². The Morgan fingerprint density at radius 2 is 1.83 bits per heavy atom. The van der Waals surface area contributed by atoms with Gasteiger partial charge in [-0.05, 0) is 36.4 Å². The van der Waals surface area contributed by atoms with Crippen LogP contribution in [0.3, 0.4) is 0 Å². The number of carbonyl (C=O) groups is 3. The third kappa shape index (κ3) is 4.68. The van der Waals surface area contributed by atoms with Gasteiger partial charge in [0.2, 0.25) is 11.8 Å². The van der Waals surface area contributed by atoms with Gasteiger partial charge in [0.25, 0.3) is 5.91 Å². The van der Waals surface area contributed by atoms with E-state index in [9.17, 15) is 14.4 Å². The van der Waals surface area contributed by atoms with E-state index < -0.39 is 23.6 Å². The number of hydrogen-bond donors (Lipinski definition) is 3. The average Bonchev–Trinajstić information content (AvgIpc) is 3.79. The van der Waals surface area contributed by atoms with Crippen LogP contribution in [0.5, 0.6) is 0 Å². The number of H-pyrrole nitrogens is 1. The summed E-state index contributed by atoms with van der Waals surface area (Å²) in [5.74, 6) is -2.15. The minimum Gasteiger partial charge on any atom is -0.456 e. The number of ether oxygens (including phenoxy) is 2. The van der Waals surface area contributed by atoms with Gasteiger partial charge in [-0.25, -0.2) is 0 Å². The van der Waals surface area contributed by atoms with Crippen LogP contribution in [0, 0.1) is 0 Å². The zero-order chi connectivity index (χ0) is 28.0. The number of nitrogens with one attached hydrogen (secondary N) is 3. The van der Waals surface area contributed by atoms with Gasteiger partial charge in [0, 0.05) is 51.7 Å². The first kappa shape index (κ1) is 25.2. The van der Waals surface area contributed by atoms with Crippen LogP contribution < -0.4 is 10.6 Å². The Hall–Kier alpha value is -4.74. The lowest BCUT2D eigenvalue weighted by atomic mass is 10.1. The molecule has 2 aliphatic heterocycles. The van der Waals surface area contributed by atoms with Crippen molar-refractivity contribution in [1.82, 2.24) is 25.5 Å². The number of aromatic nitrogens is 2. The lowest BCUT2D eigenvalue weighted by molar-refractivity contribution is -0.152. The first-order chi connectivity index (χ1) is 20.0. The van der Waals surface area contributed by atoms with Crippen LogP contribution >= 0.6 is 0 Å². The van der Waals surface area contributed by atoms with Crippen molar-refractivity contribution in [1.29, 1.82) is 0 Å². The van der Waals surface area contributed by atoms with E-state index in [2.05, 4.69) is 20.6 Å². The van der Waals surface area contributed by atoms with Gasteiger partial charge in [-0.1, -0.05) is 18.2 Å². The summed E-state index contributed by atoms with van der Waals surface area (Å²) in [6.07, 6.45) is 3.65. The molecule has 11 nitrogen and oxygen atoms in total. The van der Waals surface area contributed by atoms with Crippen molar-refractivity contribution in [3.8, 4) is 0 Å². The Morgan fingerprint density at radius 3 is 2.68 bits per heavy atom. The standard InChI is InChI=1S/C30H27N5O6/c36-27(16-33-28(37)18-5-6-26-22(12-18)21-3-1-2-4-25(21)41-26)35-17-30(39-9-10-40-30)13-24(35)29(38)32-15-20-11-19-14-31-8-7-23(19)34-20/h1-8,11-12,14,24,34H,9-10,13,15-17H2,(H,32,38)(H,33,37)/t24-/m0/s1. The van der Waals surface area contributed by atoms with Crippen molar-refractivity contribution < 1.29 is 28.3 Å². The molecule has 41 heavy (non-hydrogen) atoms. The number of nitrogens with zero attached hydrogens (tertiary/aromatic N) is 2. The van der Waals surface area contributed by atoms with E-state index in [1.165, 1.54) is 4.90 Å². The van der Waals surface area contributed by atoms with Gasteiger partial charge < -0.3 is 34.4 Å². The minimum absolute atomic E-state index is 0.102. The molecule has 0 saturated carbocycles. The maximum Gasteiger partial charge on any atom is 0.251 e. The molecule has 3 N–H and O–H groups in total. The number of benzene rings is 2. The number of amides is 3. The largest absolute Gasteiger partial charge is 0.456 e. The van der Waals surface area contributed by atoms with Crippen molar-refractivity contribution in [3.63, 3.8) is 0 Å². The van der Waals surface area contributed by atoms with Gasteiger partial charge in [0.1, 0.15) is 17.2 Å². The smallest absolute Gasteiger partial charge is 0.251 e. The second-order valence-electron chi connectivity index (χ2n) is 10.3. The molecule has 1 spiro atoms. The zero-order valence-corrected chi connectivity index (χ0v) is 22.0. The normalized spacial score (nSPS) is 18.0. The summed E-state index contributed by atoms with van der Waals surface area (Å²) in [6.45, 7) is 0.855. The Bertz CT molecular complexity index is 1770. The summed E-state index contributed by atoms with van der Waals surface area (Å²) < 4.78 is 17.5. The molecular weight excluding hydrogens is 526 g/mol. The number of carbonyl (C=O) groups excluding carboxylic acids is 3. The maximum absolute atomic E-state index is 13.4. The molecule has 5 heterocycles. The highest BCUT2D eigenvalue weighted by Crippen LogP contribution is 2.35. The topological polar surface area (TPSA) is 139 Å². The van der Waals surface area contributed by atoms with Crippen LogP contribution in [0.15, 0.2) is 71.4 Å². The number of para-hydroxylation sites is 1. The van der Waals surface area contributed by atoms with Crippen molar-refractivity contribution in [2.24, 2.45) is 0 Å². The third-order valence-corrected chi connectivity index (χ3v) is 7.70. The molecule has 3 aromatic heterocycles. The van der Waals surface area contributed by atoms with E-state index in [0.29, 0.717) is 24.4 Å². The Labute approximate surface area is 233 Å². The SMILES string of the molecule is O=C(NCC(=O)N1CC2(C[C@H]1C(=O)NCc1cc3cnccc3[nH]1)OCCO2)c1ccc2oc3ccccc3c2c1. The number of rotatable bonds is 6. The van der Waals surface area contributed by atoms with Crippen molar-refractivity contribution in [2.75, 3.05) is 26.3 Å². The summed E-state index contributed by atoms with van der Waals surface area (Å²) in [5, 5.41) is 8.30. The van der Waals surface area contributed by atoms with Gasteiger partial charge in [-0.2, -0.15) is 0 Å². The lowest BCUT2D eigenvalue weighted by Gasteiger charge is -2.24. The van der Waals surface area contributed by atoms with Crippen molar-refractivity contribution in [2.45, 2.75) is 24.8 Å². The lowest BCUT2D eigenvalue weighted by Crippen LogP contribution is -2.49. The molecule has 0 bridgehead atoms. The Kier molecular flexibility index (Phi) is 6.17. The monoisotopic (exact) mass is 553 g/mol. The predicted octanol–water partition coefficient (Wildman–Crippen LogP) is 2.85. The molecule has 2 saturated heterocycles. The molecule has 3 amide bonds. The number of likely N-dealkylation sites (tertiary alicyclic amines) is 1. The van der Waals surface area contributed by atoms with Gasteiger partial charge in [-0.3, -0.25) is 19.4 Å². The van der Waals surface area contributed by atoms with E-state index in [-0.39, 0.29) is 32.0 Å². The highest BCUT2D eigenvalue weighted by atomic mass is 16.7. The first-order valence-corrected chi connectivity index (χ1v) is 13.4. The molecule has 7 rings (SSSR count). The highest BCUT2D eigenvalue weighted by molar-refractivity contribution is 6.08. The summed E-state index contributed by atoms with van der Waals surface area (Å²) in [4.78, 5) is 48.5. The quantitative estimate of drug-likeness (QED) is 0.294. The van der Waals surface area contributed by atoms with Crippen LogP contribution in [-0.2, 0) is 25.6 Å². The third-order valence-electron chi connectivity index (χ3n) is 7.70. The van der Waals surface area contributed by atoms with Crippen LogP contribution in [0.2, 0.25) is 0 Å². The molecule has 2 fully saturated rings. The fraction of sp³-hybridized carbons (Fsp3) is 0.267. The Balaban J connectivity index is 1.04. The number of aromatic amines is 1. The fourth-order valence-corrected chi connectivity index (χ4v) is 5.70. The molecule has 2 aromatic carbocycles.